The molecule has 4 nitrogen and oxygen atoms in total. The molecular formula is C19H19N3O. The Kier molecular flexibility index (Phi) is 4.64. The van der Waals surface area contributed by atoms with Gasteiger partial charge in [-0.25, -0.2) is 0 Å². The first-order valence-corrected chi connectivity index (χ1v) is 7.62. The number of hydrogen-bond donors (Lipinski definition) is 2. The standard InChI is InChI=1S/C19H19N3O/c1-20-19(23)18(15-7-3-2-4-8-15)22-13-16-10-5-9-14-11-6-12-21-17(14)16/h2-12,18,22H,13H2,1H3,(H,20,23). The molecule has 3 aromatic rings. The maximum Gasteiger partial charge on any atom is 0.241 e. The number of carbonyl (C=O) groups is 1. The van der Waals surface area contributed by atoms with Gasteiger partial charge < -0.3 is 5.32 Å². The van der Waals surface area contributed by atoms with Crippen LogP contribution >= 0.6 is 0 Å². The monoisotopic (exact) mass is 305 g/mol. The number of hydrogen-bond acceptors (Lipinski definition) is 3. The molecule has 3 rings (SSSR count). The summed E-state index contributed by atoms with van der Waals surface area (Å²) in [5.74, 6) is -0.0515. The number of benzene rings is 2. The smallest absolute Gasteiger partial charge is 0.241 e. The van der Waals surface area contributed by atoms with Gasteiger partial charge >= 0.3 is 0 Å². The highest BCUT2D eigenvalue weighted by atomic mass is 16.2. The summed E-state index contributed by atoms with van der Waals surface area (Å²) in [7, 11) is 1.65. The fourth-order valence-corrected chi connectivity index (χ4v) is 2.67. The fraction of sp³-hybridized carbons (Fsp3) is 0.158. The number of amides is 1. The second-order valence-electron chi connectivity index (χ2n) is 5.33. The number of nitrogens with one attached hydrogen (secondary N) is 2. The van der Waals surface area contributed by atoms with Gasteiger partial charge in [0.05, 0.1) is 5.52 Å². The first-order chi connectivity index (χ1) is 11.3. The quantitative estimate of drug-likeness (QED) is 0.762. The minimum Gasteiger partial charge on any atom is -0.358 e. The average Bonchev–Trinajstić information content (AvgIpc) is 2.62. The van der Waals surface area contributed by atoms with E-state index in [1.54, 1.807) is 13.2 Å². The van der Waals surface area contributed by atoms with E-state index in [4.69, 9.17) is 0 Å². The van der Waals surface area contributed by atoms with Gasteiger partial charge in [-0.3, -0.25) is 15.1 Å². The molecule has 0 bridgehead atoms. The Morgan fingerprint density at radius 3 is 2.61 bits per heavy atom. The van der Waals surface area contributed by atoms with Gasteiger partial charge in [0.2, 0.25) is 5.91 Å². The van der Waals surface area contributed by atoms with Gasteiger partial charge in [0.1, 0.15) is 6.04 Å². The molecule has 0 saturated heterocycles. The molecule has 0 aliphatic carbocycles. The van der Waals surface area contributed by atoms with Crippen molar-refractivity contribution in [3.05, 3.63) is 78.0 Å². The lowest BCUT2D eigenvalue weighted by Crippen LogP contribution is -2.35. The number of likely N-dealkylation sites (N-methyl/N-ethyl adjacent to an activating group) is 1. The highest BCUT2D eigenvalue weighted by Gasteiger charge is 2.18. The normalized spacial score (nSPS) is 12.0. The molecular weight excluding hydrogens is 286 g/mol. The lowest BCUT2D eigenvalue weighted by molar-refractivity contribution is -0.122. The predicted octanol–water partition coefficient (Wildman–Crippen LogP) is 2.81. The van der Waals surface area contributed by atoms with E-state index in [0.29, 0.717) is 6.54 Å². The van der Waals surface area contributed by atoms with Gasteiger partial charge in [0, 0.05) is 25.2 Å². The van der Waals surface area contributed by atoms with Crippen molar-refractivity contribution in [1.29, 1.82) is 0 Å². The van der Waals surface area contributed by atoms with Gasteiger partial charge in [-0.1, -0.05) is 54.6 Å². The Hall–Kier alpha value is -2.72. The molecule has 23 heavy (non-hydrogen) atoms. The van der Waals surface area contributed by atoms with E-state index in [1.807, 2.05) is 60.7 Å². The molecule has 2 aromatic carbocycles. The molecule has 116 valence electrons. The Morgan fingerprint density at radius 2 is 1.83 bits per heavy atom. The van der Waals surface area contributed by atoms with Crippen molar-refractivity contribution in [2.75, 3.05) is 7.05 Å². The van der Waals surface area contributed by atoms with Gasteiger partial charge in [-0.2, -0.15) is 0 Å². The Bertz CT molecular complexity index is 797. The van der Waals surface area contributed by atoms with Crippen LogP contribution in [-0.4, -0.2) is 17.9 Å². The molecule has 0 fully saturated rings. The lowest BCUT2D eigenvalue weighted by Gasteiger charge is -2.18. The molecule has 4 heteroatoms. The van der Waals surface area contributed by atoms with Crippen LogP contribution < -0.4 is 10.6 Å². The first-order valence-electron chi connectivity index (χ1n) is 7.62. The first kappa shape index (κ1) is 15.2. The number of rotatable bonds is 5. The number of nitrogens with zero attached hydrogens (tertiary/aromatic N) is 1. The summed E-state index contributed by atoms with van der Waals surface area (Å²) in [6.07, 6.45) is 1.79. The highest BCUT2D eigenvalue weighted by molar-refractivity contribution is 5.83. The third-order valence-electron chi connectivity index (χ3n) is 3.85. The summed E-state index contributed by atoms with van der Waals surface area (Å²) < 4.78 is 0. The van der Waals surface area contributed by atoms with Gasteiger partial charge in [0.15, 0.2) is 0 Å². The molecule has 1 atom stereocenters. The molecule has 0 saturated carbocycles. The van der Waals surface area contributed by atoms with Crippen LogP contribution in [0.25, 0.3) is 10.9 Å². The molecule has 1 aromatic heterocycles. The zero-order chi connectivity index (χ0) is 16.1. The van der Waals surface area contributed by atoms with Gasteiger partial charge in [0.25, 0.3) is 0 Å². The topological polar surface area (TPSA) is 54.0 Å². The molecule has 0 radical (unpaired) electrons. The molecule has 0 aliphatic rings. The van der Waals surface area contributed by atoms with E-state index in [2.05, 4.69) is 15.6 Å². The van der Waals surface area contributed by atoms with Gasteiger partial charge in [-0.05, 0) is 17.2 Å². The summed E-state index contributed by atoms with van der Waals surface area (Å²) in [6, 6.07) is 19.4. The minimum absolute atomic E-state index is 0.0515. The SMILES string of the molecule is CNC(=O)C(NCc1cccc2cccnc12)c1ccccc1. The number of pyridine rings is 1. The largest absolute Gasteiger partial charge is 0.358 e. The van der Waals surface area contributed by atoms with E-state index in [0.717, 1.165) is 22.0 Å². The number of aromatic nitrogens is 1. The Balaban J connectivity index is 1.85. The van der Waals surface area contributed by atoms with Crippen molar-refractivity contribution < 1.29 is 4.79 Å². The second kappa shape index (κ2) is 7.03. The molecule has 1 amide bonds. The maximum atomic E-state index is 12.2. The number of para-hydroxylation sites is 1. The van der Waals surface area contributed by atoms with Crippen molar-refractivity contribution in [3.8, 4) is 0 Å². The summed E-state index contributed by atoms with van der Waals surface area (Å²) in [5.41, 5.74) is 2.99. The van der Waals surface area contributed by atoms with Crippen LogP contribution in [-0.2, 0) is 11.3 Å². The van der Waals surface area contributed by atoms with Crippen LogP contribution in [0.1, 0.15) is 17.2 Å². The summed E-state index contributed by atoms with van der Waals surface area (Å²) >= 11 is 0. The molecule has 1 unspecified atom stereocenters. The second-order valence-corrected chi connectivity index (χ2v) is 5.33. The van der Waals surface area contributed by atoms with Crippen LogP contribution in [0.4, 0.5) is 0 Å². The van der Waals surface area contributed by atoms with E-state index in [-0.39, 0.29) is 11.9 Å². The summed E-state index contributed by atoms with van der Waals surface area (Å²) in [5, 5.41) is 7.16. The van der Waals surface area contributed by atoms with E-state index in [1.165, 1.54) is 0 Å². The molecule has 2 N–H and O–H groups in total. The third kappa shape index (κ3) is 3.38. The lowest BCUT2D eigenvalue weighted by atomic mass is 10.0. The Labute approximate surface area is 135 Å². The Morgan fingerprint density at radius 1 is 1.04 bits per heavy atom. The predicted molar refractivity (Wildman–Crippen MR) is 91.8 cm³/mol. The number of carbonyl (C=O) groups excluding carboxylic acids is 1. The fourth-order valence-electron chi connectivity index (χ4n) is 2.67. The highest BCUT2D eigenvalue weighted by Crippen LogP contribution is 2.18. The third-order valence-corrected chi connectivity index (χ3v) is 3.85. The van der Waals surface area contributed by atoms with E-state index >= 15 is 0 Å². The van der Waals surface area contributed by atoms with Crippen molar-refractivity contribution in [2.24, 2.45) is 0 Å². The molecule has 0 aliphatic heterocycles. The zero-order valence-corrected chi connectivity index (χ0v) is 13.0. The van der Waals surface area contributed by atoms with Crippen LogP contribution in [0.15, 0.2) is 66.9 Å². The van der Waals surface area contributed by atoms with Crippen molar-refractivity contribution in [3.63, 3.8) is 0 Å². The summed E-state index contributed by atoms with van der Waals surface area (Å²) in [4.78, 5) is 16.7. The van der Waals surface area contributed by atoms with Gasteiger partial charge in [-0.15, -0.1) is 0 Å². The zero-order valence-electron chi connectivity index (χ0n) is 13.0. The van der Waals surface area contributed by atoms with Crippen LogP contribution in [0, 0.1) is 0 Å². The van der Waals surface area contributed by atoms with Crippen LogP contribution in [0.2, 0.25) is 0 Å². The van der Waals surface area contributed by atoms with Crippen LogP contribution in [0.5, 0.6) is 0 Å². The van der Waals surface area contributed by atoms with E-state index in [9.17, 15) is 4.79 Å². The maximum absolute atomic E-state index is 12.2. The molecule has 1 heterocycles. The van der Waals surface area contributed by atoms with Crippen molar-refractivity contribution >= 4 is 16.8 Å². The summed E-state index contributed by atoms with van der Waals surface area (Å²) in [6.45, 7) is 0.571. The van der Waals surface area contributed by atoms with Crippen LogP contribution in [0.3, 0.4) is 0 Å². The van der Waals surface area contributed by atoms with E-state index < -0.39 is 0 Å². The minimum atomic E-state index is -0.389. The number of fused-ring (bicyclic) bond motifs is 1. The van der Waals surface area contributed by atoms with Crippen molar-refractivity contribution in [2.45, 2.75) is 12.6 Å². The average molecular weight is 305 g/mol. The van der Waals surface area contributed by atoms with Crippen molar-refractivity contribution in [1.82, 2.24) is 15.6 Å². The molecule has 0 spiro atoms.